The lowest BCUT2D eigenvalue weighted by molar-refractivity contribution is 0.159. The molecule has 12 rings (SSSR count). The summed E-state index contributed by atoms with van der Waals surface area (Å²) in [4.78, 5) is 0. The quantitative estimate of drug-likeness (QED) is 0.135. The van der Waals surface area contributed by atoms with Gasteiger partial charge >= 0.3 is 0 Å². The van der Waals surface area contributed by atoms with E-state index >= 15 is 0 Å². The Balaban J connectivity index is 1.18. The topological polar surface area (TPSA) is 36.9 Å². The lowest BCUT2D eigenvalue weighted by Crippen LogP contribution is -2.18. The SMILES string of the molecule is c1ccc(-c2cc3ccccc3c(-c3c(P4OC(c5ccccc5)C(c5ccccc5)O4)c(-c4ccccc4)cc4ccccc34)c2P2OC(c3ccccc3)C(c3ccccc3)O2)cc1. The average Bonchev–Trinajstić information content (AvgIpc) is 4.05. The van der Waals surface area contributed by atoms with Crippen molar-refractivity contribution in [2.24, 2.45) is 0 Å². The molecule has 0 amide bonds. The number of hydrogen-bond donors (Lipinski definition) is 0. The Kier molecular flexibility index (Phi) is 11.2. The van der Waals surface area contributed by atoms with E-state index in [2.05, 4.69) is 243 Å². The van der Waals surface area contributed by atoms with Crippen LogP contribution in [0.25, 0.3) is 54.9 Å². The summed E-state index contributed by atoms with van der Waals surface area (Å²) in [6.07, 6.45) is -1.39. The Hall–Kier alpha value is -6.58. The Morgan fingerprint density at radius 2 is 0.530 bits per heavy atom. The molecular weight excluding hydrogens is 847 g/mol. The van der Waals surface area contributed by atoms with E-state index in [-0.39, 0.29) is 24.4 Å². The Morgan fingerprint density at radius 1 is 0.273 bits per heavy atom. The molecule has 2 aliphatic rings. The third-order valence-corrected chi connectivity index (χ3v) is 16.1. The number of fused-ring (bicyclic) bond motifs is 2. The van der Waals surface area contributed by atoms with Crippen molar-refractivity contribution < 1.29 is 18.1 Å². The largest absolute Gasteiger partial charge is 0.319 e. The summed E-state index contributed by atoms with van der Waals surface area (Å²) >= 11 is 0. The van der Waals surface area contributed by atoms with Gasteiger partial charge in [0.1, 0.15) is 24.4 Å². The molecule has 6 heteroatoms. The average molecular weight is 891 g/mol. The van der Waals surface area contributed by atoms with Gasteiger partial charge in [0.05, 0.1) is 0 Å². The zero-order valence-corrected chi connectivity index (χ0v) is 37.7. The highest BCUT2D eigenvalue weighted by Crippen LogP contribution is 2.64. The Bertz CT molecular complexity index is 2960. The Labute approximate surface area is 387 Å². The van der Waals surface area contributed by atoms with Crippen LogP contribution in [-0.2, 0) is 18.1 Å². The summed E-state index contributed by atoms with van der Waals surface area (Å²) < 4.78 is 30.0. The third-order valence-electron chi connectivity index (χ3n) is 12.7. The fourth-order valence-corrected chi connectivity index (χ4v) is 13.5. The van der Waals surface area contributed by atoms with Crippen LogP contribution in [0.3, 0.4) is 0 Å². The first-order chi connectivity index (χ1) is 32.8. The summed E-state index contributed by atoms with van der Waals surface area (Å²) in [7, 11) is -3.47. The maximum atomic E-state index is 7.50. The minimum absolute atomic E-state index is 0.348. The van der Waals surface area contributed by atoms with E-state index in [1.54, 1.807) is 0 Å². The highest BCUT2D eigenvalue weighted by Gasteiger charge is 2.45. The molecule has 2 aliphatic heterocycles. The van der Waals surface area contributed by atoms with Crippen LogP contribution in [0.5, 0.6) is 0 Å². The molecule has 2 saturated heterocycles. The van der Waals surface area contributed by atoms with Gasteiger partial charge in [-0.15, -0.1) is 0 Å². The van der Waals surface area contributed by atoms with Crippen LogP contribution in [0, 0.1) is 0 Å². The molecule has 2 heterocycles. The molecule has 0 aliphatic carbocycles. The third kappa shape index (κ3) is 7.57. The van der Waals surface area contributed by atoms with E-state index < -0.39 is 16.8 Å². The van der Waals surface area contributed by atoms with Gasteiger partial charge in [-0.1, -0.05) is 231 Å². The first-order valence-corrected chi connectivity index (χ1v) is 24.8. The monoisotopic (exact) mass is 890 g/mol. The van der Waals surface area contributed by atoms with Crippen molar-refractivity contribution in [3.05, 3.63) is 265 Å². The number of hydrogen-bond acceptors (Lipinski definition) is 4. The summed E-state index contributed by atoms with van der Waals surface area (Å²) in [5.74, 6) is 0. The van der Waals surface area contributed by atoms with E-state index in [1.807, 2.05) is 0 Å². The summed E-state index contributed by atoms with van der Waals surface area (Å²) in [5.41, 5.74) is 10.8. The van der Waals surface area contributed by atoms with Crippen LogP contribution >= 0.6 is 16.8 Å². The molecule has 0 saturated carbocycles. The van der Waals surface area contributed by atoms with Gasteiger partial charge in [-0.25, -0.2) is 0 Å². The molecule has 0 radical (unpaired) electrons. The van der Waals surface area contributed by atoms with Crippen molar-refractivity contribution in [1.29, 1.82) is 0 Å². The molecule has 66 heavy (non-hydrogen) atoms. The first kappa shape index (κ1) is 40.9. The molecule has 0 spiro atoms. The number of rotatable bonds is 9. The van der Waals surface area contributed by atoms with Crippen molar-refractivity contribution in [3.63, 3.8) is 0 Å². The first-order valence-electron chi connectivity index (χ1n) is 22.5. The summed E-state index contributed by atoms with van der Waals surface area (Å²) in [6.45, 7) is 0. The van der Waals surface area contributed by atoms with Crippen LogP contribution in [0.1, 0.15) is 46.7 Å². The molecule has 4 atom stereocenters. The van der Waals surface area contributed by atoms with Gasteiger partial charge in [-0.2, -0.15) is 0 Å². The van der Waals surface area contributed by atoms with E-state index in [9.17, 15) is 0 Å². The standard InChI is InChI=1S/C60H44O4P2/c1-7-23-41(24-8-1)51-39-47-35-19-21-37-49(47)53(59(51)65-61-55(43-27-11-3-12-28-43)56(62-65)44-29-13-4-14-30-44)54-50-38-22-20-36-48(50)40-52(42-25-9-2-10-26-42)60(54)66-63-57(45-31-15-5-16-32-45)58(64-66)46-33-17-6-18-34-46/h1-40,55-58H. The summed E-state index contributed by atoms with van der Waals surface area (Å²) in [6, 6.07) is 85.8. The maximum absolute atomic E-state index is 7.50. The van der Waals surface area contributed by atoms with Crippen LogP contribution < -0.4 is 10.6 Å². The van der Waals surface area contributed by atoms with Gasteiger partial charge in [0, 0.05) is 21.7 Å². The van der Waals surface area contributed by atoms with Crippen LogP contribution in [-0.4, -0.2) is 0 Å². The molecule has 2 fully saturated rings. The minimum atomic E-state index is -1.74. The minimum Gasteiger partial charge on any atom is -0.319 e. The fourth-order valence-electron chi connectivity index (χ4n) is 9.64. The smallest absolute Gasteiger partial charge is 0.207 e. The molecule has 10 aromatic carbocycles. The van der Waals surface area contributed by atoms with E-state index in [0.717, 1.165) is 87.8 Å². The van der Waals surface area contributed by atoms with Gasteiger partial charge < -0.3 is 18.1 Å². The molecular formula is C60H44O4P2. The van der Waals surface area contributed by atoms with Gasteiger partial charge in [0.2, 0.25) is 16.8 Å². The van der Waals surface area contributed by atoms with Gasteiger partial charge in [-0.05, 0) is 78.2 Å². The Morgan fingerprint density at radius 3 is 0.833 bits per heavy atom. The van der Waals surface area contributed by atoms with E-state index in [1.165, 1.54) is 0 Å². The van der Waals surface area contributed by atoms with Crippen LogP contribution in [0.15, 0.2) is 243 Å². The molecule has 0 aromatic heterocycles. The van der Waals surface area contributed by atoms with Gasteiger partial charge in [-0.3, -0.25) is 0 Å². The highest BCUT2D eigenvalue weighted by atomic mass is 31.2. The zero-order valence-electron chi connectivity index (χ0n) is 35.9. The van der Waals surface area contributed by atoms with Crippen molar-refractivity contribution in [1.82, 2.24) is 0 Å². The van der Waals surface area contributed by atoms with Crippen molar-refractivity contribution in [2.75, 3.05) is 0 Å². The van der Waals surface area contributed by atoms with Gasteiger partial charge in [0.15, 0.2) is 0 Å². The molecule has 10 aromatic rings. The number of benzene rings is 10. The predicted molar refractivity (Wildman–Crippen MR) is 272 cm³/mol. The lowest BCUT2D eigenvalue weighted by Gasteiger charge is -2.27. The second kappa shape index (κ2) is 18.0. The van der Waals surface area contributed by atoms with Crippen LogP contribution in [0.2, 0.25) is 0 Å². The van der Waals surface area contributed by atoms with E-state index in [4.69, 9.17) is 18.1 Å². The molecule has 4 unspecified atom stereocenters. The normalized spacial score (nSPS) is 20.5. The predicted octanol–water partition coefficient (Wildman–Crippen LogP) is 15.9. The molecule has 0 bridgehead atoms. The zero-order chi connectivity index (χ0) is 43.8. The fraction of sp³-hybridized carbons (Fsp3) is 0.0667. The maximum Gasteiger partial charge on any atom is 0.207 e. The molecule has 318 valence electrons. The second-order valence-corrected chi connectivity index (χ2v) is 19.5. The molecule has 4 nitrogen and oxygen atoms in total. The lowest BCUT2D eigenvalue weighted by atomic mass is 9.88. The molecule has 0 N–H and O–H groups in total. The van der Waals surface area contributed by atoms with Crippen molar-refractivity contribution in [3.8, 4) is 33.4 Å². The van der Waals surface area contributed by atoms with Crippen molar-refractivity contribution >= 4 is 48.9 Å². The summed E-state index contributed by atoms with van der Waals surface area (Å²) in [5, 5.41) is 6.50. The highest BCUT2D eigenvalue weighted by molar-refractivity contribution is 7.58. The van der Waals surface area contributed by atoms with Crippen molar-refractivity contribution in [2.45, 2.75) is 24.4 Å². The van der Waals surface area contributed by atoms with E-state index in [0.29, 0.717) is 0 Å². The second-order valence-electron chi connectivity index (χ2n) is 16.7. The van der Waals surface area contributed by atoms with Crippen LogP contribution in [0.4, 0.5) is 0 Å². The van der Waals surface area contributed by atoms with Gasteiger partial charge in [0.25, 0.3) is 0 Å².